The quantitative estimate of drug-likeness (QED) is 0.749. The number of anilines is 1. The van der Waals surface area contributed by atoms with Crippen molar-refractivity contribution in [1.29, 1.82) is 0 Å². The van der Waals surface area contributed by atoms with Gasteiger partial charge in [0.05, 0.1) is 18.4 Å². The van der Waals surface area contributed by atoms with Crippen LogP contribution in [0, 0.1) is 0 Å². The minimum absolute atomic E-state index is 0.0602. The topological polar surface area (TPSA) is 74.7 Å². The highest BCUT2D eigenvalue weighted by Gasteiger charge is 2.25. The van der Waals surface area contributed by atoms with Crippen LogP contribution < -0.4 is 5.32 Å². The molecule has 4 rings (SSSR count). The highest BCUT2D eigenvalue weighted by Crippen LogP contribution is 2.23. The van der Waals surface area contributed by atoms with Crippen molar-refractivity contribution in [3.05, 3.63) is 59.3 Å². The molecule has 1 aromatic carbocycles. The number of nitrogens with zero attached hydrogens (tertiary/aromatic N) is 2. The Kier molecular flexibility index (Phi) is 6.42. The van der Waals surface area contributed by atoms with Crippen LogP contribution in [0.4, 0.5) is 5.82 Å². The van der Waals surface area contributed by atoms with E-state index in [1.807, 2.05) is 30.3 Å². The second-order valence-corrected chi connectivity index (χ2v) is 7.97. The van der Waals surface area contributed by atoms with Crippen molar-refractivity contribution in [2.75, 3.05) is 31.6 Å². The maximum absolute atomic E-state index is 11.7. The Morgan fingerprint density at radius 3 is 2.93 bits per heavy atom. The van der Waals surface area contributed by atoms with Gasteiger partial charge in [0.15, 0.2) is 0 Å². The van der Waals surface area contributed by atoms with Gasteiger partial charge in [0.25, 0.3) is 0 Å². The van der Waals surface area contributed by atoms with Crippen LogP contribution >= 0.6 is 0 Å². The molecule has 1 aromatic heterocycles. The second-order valence-electron chi connectivity index (χ2n) is 7.97. The Morgan fingerprint density at radius 1 is 1.24 bits per heavy atom. The number of hydrogen-bond donors (Lipinski definition) is 2. The summed E-state index contributed by atoms with van der Waals surface area (Å²) in [7, 11) is 0. The summed E-state index contributed by atoms with van der Waals surface area (Å²) in [4.78, 5) is 18.9. The van der Waals surface area contributed by atoms with Gasteiger partial charge in [-0.15, -0.1) is 0 Å². The highest BCUT2D eigenvalue weighted by molar-refractivity contribution is 5.76. The van der Waals surface area contributed by atoms with Gasteiger partial charge in [-0.3, -0.25) is 9.69 Å². The lowest BCUT2D eigenvalue weighted by Gasteiger charge is -2.33. The molecule has 1 saturated heterocycles. The smallest absolute Gasteiger partial charge is 0.313 e. The number of likely N-dealkylation sites (tertiary alicyclic amines) is 1. The van der Waals surface area contributed by atoms with Crippen molar-refractivity contribution in [3.63, 3.8) is 0 Å². The molecule has 2 aliphatic heterocycles. The summed E-state index contributed by atoms with van der Waals surface area (Å²) >= 11 is 0. The molecule has 2 atom stereocenters. The van der Waals surface area contributed by atoms with Crippen LogP contribution in [0.15, 0.2) is 42.5 Å². The summed E-state index contributed by atoms with van der Waals surface area (Å²) in [5.41, 5.74) is 3.17. The van der Waals surface area contributed by atoms with Gasteiger partial charge in [-0.25, -0.2) is 4.98 Å². The number of aliphatic carboxylic acids is 1. The first-order valence-electron chi connectivity index (χ1n) is 10.5. The van der Waals surface area contributed by atoms with Crippen molar-refractivity contribution >= 4 is 11.8 Å². The molecule has 2 N–H and O–H groups in total. The molecular weight excluding hydrogens is 366 g/mol. The van der Waals surface area contributed by atoms with Gasteiger partial charge in [0, 0.05) is 19.6 Å². The summed E-state index contributed by atoms with van der Waals surface area (Å²) in [6, 6.07) is 13.7. The number of carboxylic acid groups (broad SMARTS) is 1. The average molecular weight is 396 g/mol. The van der Waals surface area contributed by atoms with E-state index in [2.05, 4.69) is 22.3 Å². The van der Waals surface area contributed by atoms with Crippen molar-refractivity contribution in [1.82, 2.24) is 9.88 Å². The van der Waals surface area contributed by atoms with Crippen LogP contribution in [0.3, 0.4) is 0 Å². The third kappa shape index (κ3) is 5.14. The standard InChI is InChI=1S/C23H29N3O3/c27-23(28)21(17-6-2-1-3-7-17)16-29-20-9-5-13-26(15-20)14-19-11-10-18-8-4-12-24-22(18)25-19/h1-3,6-7,10-11,20-21H,4-5,8-9,12-16H2,(H,24,25)(H,27,28)/t20-,21-/m1/s1. The Hall–Kier alpha value is -2.44. The predicted octanol–water partition coefficient (Wildman–Crippen LogP) is 3.29. The zero-order chi connectivity index (χ0) is 20.1. The van der Waals surface area contributed by atoms with Crippen LogP contribution in [0.2, 0.25) is 0 Å². The number of rotatable bonds is 7. The van der Waals surface area contributed by atoms with Crippen molar-refractivity contribution in [2.24, 2.45) is 0 Å². The van der Waals surface area contributed by atoms with Gasteiger partial charge in [0.2, 0.25) is 0 Å². The average Bonchev–Trinajstić information content (AvgIpc) is 2.75. The number of pyridine rings is 1. The molecule has 1 fully saturated rings. The Balaban J connectivity index is 1.33. The van der Waals surface area contributed by atoms with Gasteiger partial charge in [0.1, 0.15) is 11.7 Å². The summed E-state index contributed by atoms with van der Waals surface area (Å²) < 4.78 is 6.06. The van der Waals surface area contributed by atoms with Crippen LogP contribution in [-0.4, -0.2) is 53.3 Å². The van der Waals surface area contributed by atoms with Crippen molar-refractivity contribution in [3.8, 4) is 0 Å². The van der Waals surface area contributed by atoms with E-state index in [9.17, 15) is 9.90 Å². The fraction of sp³-hybridized carbons (Fsp3) is 0.478. The van der Waals surface area contributed by atoms with Gasteiger partial charge < -0.3 is 15.2 Å². The third-order valence-electron chi connectivity index (χ3n) is 5.80. The largest absolute Gasteiger partial charge is 0.481 e. The highest BCUT2D eigenvalue weighted by atomic mass is 16.5. The van der Waals surface area contributed by atoms with Crippen LogP contribution in [0.1, 0.15) is 42.0 Å². The van der Waals surface area contributed by atoms with E-state index in [-0.39, 0.29) is 12.7 Å². The molecule has 0 aliphatic carbocycles. The molecule has 2 aliphatic rings. The molecule has 29 heavy (non-hydrogen) atoms. The number of aryl methyl sites for hydroxylation is 1. The Morgan fingerprint density at radius 2 is 2.10 bits per heavy atom. The number of benzene rings is 1. The summed E-state index contributed by atoms with van der Waals surface area (Å²) in [5.74, 6) is -0.430. The molecule has 3 heterocycles. The molecule has 154 valence electrons. The fourth-order valence-corrected chi connectivity index (χ4v) is 4.21. The number of hydrogen-bond acceptors (Lipinski definition) is 5. The SMILES string of the molecule is O=C(O)[C@H](CO[C@@H]1CCCN(Cc2ccc3c(n2)NCCC3)C1)c1ccccc1. The van der Waals surface area contributed by atoms with E-state index >= 15 is 0 Å². The number of carboxylic acids is 1. The van der Waals surface area contributed by atoms with Crippen molar-refractivity contribution < 1.29 is 14.6 Å². The molecular formula is C23H29N3O3. The van der Waals surface area contributed by atoms with Crippen LogP contribution in [0.5, 0.6) is 0 Å². The number of carbonyl (C=O) groups is 1. The van der Waals surface area contributed by atoms with Gasteiger partial charge in [-0.2, -0.15) is 0 Å². The Bertz CT molecular complexity index is 827. The summed E-state index contributed by atoms with van der Waals surface area (Å²) in [5, 5.41) is 13.0. The predicted molar refractivity (Wildman–Crippen MR) is 112 cm³/mol. The first-order chi connectivity index (χ1) is 14.2. The lowest BCUT2D eigenvalue weighted by molar-refractivity contribution is -0.141. The number of fused-ring (bicyclic) bond motifs is 1. The zero-order valence-corrected chi connectivity index (χ0v) is 16.7. The minimum Gasteiger partial charge on any atom is -0.481 e. The molecule has 0 radical (unpaired) electrons. The first kappa shape index (κ1) is 19.9. The molecule has 0 saturated carbocycles. The molecule has 0 bridgehead atoms. The fourth-order valence-electron chi connectivity index (χ4n) is 4.21. The Labute approximate surface area is 171 Å². The van der Waals surface area contributed by atoms with E-state index in [1.54, 1.807) is 0 Å². The molecule has 0 amide bonds. The normalized spacial score (nSPS) is 20.5. The molecule has 0 spiro atoms. The monoisotopic (exact) mass is 395 g/mol. The van der Waals surface area contributed by atoms with Crippen LogP contribution in [-0.2, 0) is 22.5 Å². The van der Waals surface area contributed by atoms with E-state index in [1.165, 1.54) is 12.0 Å². The van der Waals surface area contributed by atoms with E-state index in [0.29, 0.717) is 0 Å². The lowest BCUT2D eigenvalue weighted by atomic mass is 10.00. The molecule has 6 heteroatoms. The van der Waals surface area contributed by atoms with E-state index < -0.39 is 11.9 Å². The van der Waals surface area contributed by atoms with Crippen molar-refractivity contribution in [2.45, 2.75) is 44.2 Å². The maximum atomic E-state index is 11.7. The third-order valence-corrected chi connectivity index (χ3v) is 5.80. The molecule has 6 nitrogen and oxygen atoms in total. The lowest BCUT2D eigenvalue weighted by Crippen LogP contribution is -2.40. The second kappa shape index (κ2) is 9.37. The zero-order valence-electron chi connectivity index (χ0n) is 16.7. The maximum Gasteiger partial charge on any atom is 0.313 e. The molecule has 0 unspecified atom stereocenters. The van der Waals surface area contributed by atoms with E-state index in [0.717, 1.165) is 62.5 Å². The summed E-state index contributed by atoms with van der Waals surface area (Å²) in [6.45, 7) is 3.84. The molecule has 2 aromatic rings. The minimum atomic E-state index is -0.838. The number of nitrogens with one attached hydrogen (secondary N) is 1. The number of piperidine rings is 1. The van der Waals surface area contributed by atoms with Gasteiger partial charge in [-0.1, -0.05) is 36.4 Å². The van der Waals surface area contributed by atoms with Gasteiger partial charge in [-0.05, 0) is 49.4 Å². The van der Waals surface area contributed by atoms with E-state index in [4.69, 9.17) is 9.72 Å². The summed E-state index contributed by atoms with van der Waals surface area (Å²) in [6.07, 6.45) is 4.35. The number of ether oxygens (including phenoxy) is 1. The number of aromatic nitrogens is 1. The first-order valence-corrected chi connectivity index (χ1v) is 10.5. The van der Waals surface area contributed by atoms with Gasteiger partial charge >= 0.3 is 5.97 Å². The van der Waals surface area contributed by atoms with Crippen LogP contribution in [0.25, 0.3) is 0 Å².